The lowest BCUT2D eigenvalue weighted by Crippen LogP contribution is -2.11. The second-order valence-electron chi connectivity index (χ2n) is 3.47. The van der Waals surface area contributed by atoms with E-state index in [-0.39, 0.29) is 11.5 Å². The van der Waals surface area contributed by atoms with E-state index in [9.17, 15) is 9.59 Å². The van der Waals surface area contributed by atoms with Crippen LogP contribution in [-0.2, 0) is 0 Å². The summed E-state index contributed by atoms with van der Waals surface area (Å²) in [5.74, 6) is -1.43. The summed E-state index contributed by atoms with van der Waals surface area (Å²) in [6.07, 6.45) is 2.70. The molecule has 6 heteroatoms. The highest BCUT2D eigenvalue weighted by Crippen LogP contribution is 2.21. The van der Waals surface area contributed by atoms with Gasteiger partial charge >= 0.3 is 5.97 Å². The molecule has 0 aliphatic heterocycles. The molecule has 0 radical (unpaired) electrons. The minimum Gasteiger partial charge on any atom is -0.478 e. The van der Waals surface area contributed by atoms with E-state index >= 15 is 0 Å². The van der Waals surface area contributed by atoms with Crippen molar-refractivity contribution in [1.29, 1.82) is 0 Å². The number of aromatic carboxylic acids is 1. The van der Waals surface area contributed by atoms with Crippen LogP contribution in [0.1, 0.15) is 20.7 Å². The number of carbonyl (C=O) groups excluding carboxylic acids is 1. The Morgan fingerprint density at radius 2 is 2.06 bits per heavy atom. The quantitative estimate of drug-likeness (QED) is 0.913. The van der Waals surface area contributed by atoms with Crippen LogP contribution in [0.25, 0.3) is 0 Å². The van der Waals surface area contributed by atoms with Crippen LogP contribution in [0.15, 0.2) is 45.7 Å². The highest BCUT2D eigenvalue weighted by atomic mass is 79.9. The number of nitrogens with one attached hydrogen (secondary N) is 1. The molecule has 1 amide bonds. The van der Waals surface area contributed by atoms with Gasteiger partial charge in [0.05, 0.1) is 17.4 Å². The van der Waals surface area contributed by atoms with Crippen LogP contribution in [0.4, 0.5) is 5.69 Å². The number of rotatable bonds is 3. The van der Waals surface area contributed by atoms with Gasteiger partial charge in [0, 0.05) is 10.2 Å². The summed E-state index contributed by atoms with van der Waals surface area (Å²) in [5.41, 5.74) is 0.858. The largest absolute Gasteiger partial charge is 0.478 e. The van der Waals surface area contributed by atoms with Gasteiger partial charge in [-0.15, -0.1) is 0 Å². The zero-order valence-corrected chi connectivity index (χ0v) is 10.6. The number of carbonyl (C=O) groups is 2. The zero-order valence-electron chi connectivity index (χ0n) is 9.01. The molecule has 5 nitrogen and oxygen atoms in total. The normalized spacial score (nSPS) is 10.1. The Kier molecular flexibility index (Phi) is 3.47. The Bertz CT molecular complexity index is 592. The molecule has 2 aromatic rings. The molecule has 2 N–H and O–H groups in total. The minimum atomic E-state index is -1.07. The van der Waals surface area contributed by atoms with Gasteiger partial charge in [0.2, 0.25) is 0 Å². The van der Waals surface area contributed by atoms with Crippen molar-refractivity contribution in [2.75, 3.05) is 5.32 Å². The molecule has 0 unspecified atom stereocenters. The Morgan fingerprint density at radius 3 is 2.67 bits per heavy atom. The van der Waals surface area contributed by atoms with Crippen LogP contribution in [0.3, 0.4) is 0 Å². The van der Waals surface area contributed by atoms with Gasteiger partial charge in [0.15, 0.2) is 0 Å². The van der Waals surface area contributed by atoms with Crippen LogP contribution in [0.5, 0.6) is 0 Å². The van der Waals surface area contributed by atoms with Crippen molar-refractivity contribution in [3.8, 4) is 0 Å². The standard InChI is InChI=1S/C12H8BrNO4/c13-10-2-1-8(5-9(10)12(16)17)14-11(15)7-3-4-18-6-7/h1-6H,(H,14,15)(H,16,17). The van der Waals surface area contributed by atoms with E-state index in [1.165, 1.54) is 24.7 Å². The molecule has 0 aliphatic rings. The van der Waals surface area contributed by atoms with Gasteiger partial charge in [0.1, 0.15) is 6.26 Å². The summed E-state index contributed by atoms with van der Waals surface area (Å²) in [5, 5.41) is 11.5. The van der Waals surface area contributed by atoms with E-state index < -0.39 is 5.97 Å². The maximum absolute atomic E-state index is 11.7. The average molecular weight is 310 g/mol. The summed E-state index contributed by atoms with van der Waals surface area (Å²) in [7, 11) is 0. The Balaban J connectivity index is 2.22. The van der Waals surface area contributed by atoms with Gasteiger partial charge in [-0.3, -0.25) is 4.79 Å². The molecule has 0 spiro atoms. The van der Waals surface area contributed by atoms with Crippen molar-refractivity contribution >= 4 is 33.5 Å². The smallest absolute Gasteiger partial charge is 0.336 e. The van der Waals surface area contributed by atoms with Gasteiger partial charge in [-0.25, -0.2) is 4.79 Å². The van der Waals surface area contributed by atoms with E-state index in [0.717, 1.165) is 0 Å². The molecule has 0 bridgehead atoms. The van der Waals surface area contributed by atoms with Crippen molar-refractivity contribution < 1.29 is 19.1 Å². The lowest BCUT2D eigenvalue weighted by Gasteiger charge is -2.06. The summed E-state index contributed by atoms with van der Waals surface area (Å²) >= 11 is 3.13. The summed E-state index contributed by atoms with van der Waals surface area (Å²) in [4.78, 5) is 22.6. The number of hydrogen-bond acceptors (Lipinski definition) is 3. The number of benzene rings is 1. The lowest BCUT2D eigenvalue weighted by molar-refractivity contribution is 0.0695. The topological polar surface area (TPSA) is 79.5 Å². The number of amides is 1. The molecule has 0 aliphatic carbocycles. The first-order chi connectivity index (χ1) is 8.58. The maximum Gasteiger partial charge on any atom is 0.336 e. The van der Waals surface area contributed by atoms with Crippen LogP contribution < -0.4 is 5.32 Å². The van der Waals surface area contributed by atoms with Crippen molar-refractivity contribution in [3.63, 3.8) is 0 Å². The Labute approximate surface area is 111 Å². The van der Waals surface area contributed by atoms with Gasteiger partial charge in [-0.05, 0) is 40.2 Å². The number of carboxylic acids is 1. The molecule has 0 fully saturated rings. The molecule has 18 heavy (non-hydrogen) atoms. The highest BCUT2D eigenvalue weighted by molar-refractivity contribution is 9.10. The number of carboxylic acid groups (broad SMARTS) is 1. The second kappa shape index (κ2) is 5.05. The monoisotopic (exact) mass is 309 g/mol. The summed E-state index contributed by atoms with van der Waals surface area (Å²) in [6, 6.07) is 6.07. The maximum atomic E-state index is 11.7. The van der Waals surface area contributed by atoms with Crippen LogP contribution in [0, 0.1) is 0 Å². The molecule has 1 aromatic carbocycles. The van der Waals surface area contributed by atoms with Crippen molar-refractivity contribution in [2.24, 2.45) is 0 Å². The first-order valence-electron chi connectivity index (χ1n) is 4.94. The fraction of sp³-hybridized carbons (Fsp3) is 0. The average Bonchev–Trinajstić information content (AvgIpc) is 2.85. The SMILES string of the molecule is O=C(Nc1ccc(Br)c(C(=O)O)c1)c1ccoc1. The van der Waals surface area contributed by atoms with E-state index in [2.05, 4.69) is 21.2 Å². The fourth-order valence-electron chi connectivity index (χ4n) is 1.36. The van der Waals surface area contributed by atoms with Crippen LogP contribution in [0.2, 0.25) is 0 Å². The number of hydrogen-bond donors (Lipinski definition) is 2. The van der Waals surface area contributed by atoms with E-state index in [1.54, 1.807) is 12.1 Å². The molecule has 1 aromatic heterocycles. The molecular weight excluding hydrogens is 302 g/mol. The van der Waals surface area contributed by atoms with Crippen molar-refractivity contribution in [2.45, 2.75) is 0 Å². The van der Waals surface area contributed by atoms with E-state index in [0.29, 0.717) is 15.7 Å². The van der Waals surface area contributed by atoms with Gasteiger partial charge in [0.25, 0.3) is 5.91 Å². The van der Waals surface area contributed by atoms with Crippen molar-refractivity contribution in [3.05, 3.63) is 52.4 Å². The Morgan fingerprint density at radius 1 is 1.28 bits per heavy atom. The van der Waals surface area contributed by atoms with E-state index in [1.807, 2.05) is 0 Å². The van der Waals surface area contributed by atoms with E-state index in [4.69, 9.17) is 9.52 Å². The summed E-state index contributed by atoms with van der Waals surface area (Å²) < 4.78 is 5.25. The molecule has 92 valence electrons. The third-order valence-corrected chi connectivity index (χ3v) is 2.93. The van der Waals surface area contributed by atoms with Gasteiger partial charge < -0.3 is 14.8 Å². The predicted molar refractivity (Wildman–Crippen MR) is 67.8 cm³/mol. The number of halogens is 1. The molecule has 2 rings (SSSR count). The molecule has 0 saturated carbocycles. The molecule has 1 heterocycles. The van der Waals surface area contributed by atoms with Gasteiger partial charge in [-0.1, -0.05) is 0 Å². The summed E-state index contributed by atoms with van der Waals surface area (Å²) in [6.45, 7) is 0. The first kappa shape index (κ1) is 12.4. The van der Waals surface area contributed by atoms with Crippen molar-refractivity contribution in [1.82, 2.24) is 0 Å². The Hall–Kier alpha value is -2.08. The number of anilines is 1. The lowest BCUT2D eigenvalue weighted by atomic mass is 10.2. The van der Waals surface area contributed by atoms with Crippen LogP contribution >= 0.6 is 15.9 Å². The number of furan rings is 1. The minimum absolute atomic E-state index is 0.0833. The molecular formula is C12H8BrNO4. The highest BCUT2D eigenvalue weighted by Gasteiger charge is 2.11. The fourth-order valence-corrected chi connectivity index (χ4v) is 1.78. The molecule has 0 saturated heterocycles. The predicted octanol–water partition coefficient (Wildman–Crippen LogP) is 2.99. The third-order valence-electron chi connectivity index (χ3n) is 2.24. The first-order valence-corrected chi connectivity index (χ1v) is 5.73. The van der Waals surface area contributed by atoms with Crippen LogP contribution in [-0.4, -0.2) is 17.0 Å². The van der Waals surface area contributed by atoms with Gasteiger partial charge in [-0.2, -0.15) is 0 Å². The second-order valence-corrected chi connectivity index (χ2v) is 4.32. The zero-order chi connectivity index (χ0) is 13.1. The molecule has 0 atom stereocenters. The third kappa shape index (κ3) is 2.60.